The van der Waals surface area contributed by atoms with Gasteiger partial charge in [-0.05, 0) is 25.1 Å². The third kappa shape index (κ3) is 2.62. The Kier molecular flexibility index (Phi) is 3.34. The molecule has 0 fully saturated rings. The Morgan fingerprint density at radius 3 is 3.05 bits per heavy atom. The van der Waals surface area contributed by atoms with Crippen molar-refractivity contribution in [1.82, 2.24) is 25.3 Å². The highest BCUT2D eigenvalue weighted by Crippen LogP contribution is 2.24. The number of rotatable bonds is 4. The first-order valence-corrected chi connectivity index (χ1v) is 6.22. The van der Waals surface area contributed by atoms with Crippen LogP contribution in [0.1, 0.15) is 18.9 Å². The van der Waals surface area contributed by atoms with Gasteiger partial charge in [-0.3, -0.25) is 5.10 Å². The molecule has 0 saturated heterocycles. The summed E-state index contributed by atoms with van der Waals surface area (Å²) in [7, 11) is 0. The average Bonchev–Trinajstić information content (AvgIpc) is 3.10. The molecule has 7 nitrogen and oxygen atoms in total. The summed E-state index contributed by atoms with van der Waals surface area (Å²) in [6.45, 7) is 1.80. The lowest BCUT2D eigenvalue weighted by molar-refractivity contribution is 0.176. The second-order valence-electron chi connectivity index (χ2n) is 4.01. The Morgan fingerprint density at radius 2 is 2.30 bits per heavy atom. The van der Waals surface area contributed by atoms with Crippen LogP contribution in [0.25, 0.3) is 11.6 Å². The Balaban J connectivity index is 1.76. The number of H-pyrrole nitrogens is 1. The van der Waals surface area contributed by atoms with Gasteiger partial charge in [0.2, 0.25) is 5.82 Å². The van der Waals surface area contributed by atoms with E-state index in [9.17, 15) is 0 Å². The first-order valence-electron chi connectivity index (χ1n) is 5.84. The highest BCUT2D eigenvalue weighted by Gasteiger charge is 2.18. The van der Waals surface area contributed by atoms with Crippen molar-refractivity contribution in [3.8, 4) is 17.4 Å². The summed E-state index contributed by atoms with van der Waals surface area (Å²) in [5, 5.41) is 10.8. The highest BCUT2D eigenvalue weighted by atomic mass is 35.5. The van der Waals surface area contributed by atoms with Crippen LogP contribution in [-0.2, 0) is 0 Å². The van der Waals surface area contributed by atoms with Gasteiger partial charge in [-0.2, -0.15) is 10.1 Å². The first-order chi connectivity index (χ1) is 9.72. The van der Waals surface area contributed by atoms with Gasteiger partial charge >= 0.3 is 0 Å². The SMILES string of the molecule is CC(Oc1cccc(Cl)c1)c1nc(-c2ncn[nH]2)no1. The molecule has 1 atom stereocenters. The molecule has 0 bridgehead atoms. The van der Waals surface area contributed by atoms with Crippen molar-refractivity contribution in [3.05, 3.63) is 41.5 Å². The van der Waals surface area contributed by atoms with Gasteiger partial charge in [0.15, 0.2) is 11.9 Å². The Labute approximate surface area is 118 Å². The van der Waals surface area contributed by atoms with Crippen LogP contribution in [0.5, 0.6) is 5.75 Å². The molecule has 3 aromatic rings. The zero-order chi connectivity index (χ0) is 13.9. The van der Waals surface area contributed by atoms with E-state index in [-0.39, 0.29) is 0 Å². The number of nitrogens with one attached hydrogen (secondary N) is 1. The lowest BCUT2D eigenvalue weighted by Crippen LogP contribution is -2.03. The molecule has 1 unspecified atom stereocenters. The number of hydrogen-bond acceptors (Lipinski definition) is 6. The molecule has 0 saturated carbocycles. The summed E-state index contributed by atoms with van der Waals surface area (Å²) < 4.78 is 10.8. The van der Waals surface area contributed by atoms with Crippen LogP contribution >= 0.6 is 11.6 Å². The lowest BCUT2D eigenvalue weighted by Gasteiger charge is -2.10. The summed E-state index contributed by atoms with van der Waals surface area (Å²) in [4.78, 5) is 8.15. The van der Waals surface area contributed by atoms with Crippen molar-refractivity contribution in [2.45, 2.75) is 13.0 Å². The summed E-state index contributed by atoms with van der Waals surface area (Å²) in [5.41, 5.74) is 0. The second kappa shape index (κ2) is 5.30. The number of ether oxygens (including phenoxy) is 1. The molecule has 8 heteroatoms. The van der Waals surface area contributed by atoms with Crippen LogP contribution in [0.3, 0.4) is 0 Å². The Morgan fingerprint density at radius 1 is 1.40 bits per heavy atom. The van der Waals surface area contributed by atoms with Crippen LogP contribution < -0.4 is 4.74 Å². The van der Waals surface area contributed by atoms with Crippen molar-refractivity contribution in [2.24, 2.45) is 0 Å². The average molecular weight is 292 g/mol. The van der Waals surface area contributed by atoms with Crippen LogP contribution in [0.15, 0.2) is 35.1 Å². The summed E-state index contributed by atoms with van der Waals surface area (Å²) in [6, 6.07) is 7.09. The molecule has 0 amide bonds. The third-order valence-electron chi connectivity index (χ3n) is 2.53. The fraction of sp³-hybridized carbons (Fsp3) is 0.167. The topological polar surface area (TPSA) is 89.7 Å². The van der Waals surface area contributed by atoms with Gasteiger partial charge in [0.05, 0.1) is 0 Å². The van der Waals surface area contributed by atoms with Crippen molar-refractivity contribution < 1.29 is 9.26 Å². The molecule has 3 rings (SSSR count). The van der Waals surface area contributed by atoms with Gasteiger partial charge in [0.1, 0.15) is 12.1 Å². The molecule has 0 radical (unpaired) electrons. The molecular formula is C12H10ClN5O2. The van der Waals surface area contributed by atoms with E-state index in [0.717, 1.165) is 0 Å². The largest absolute Gasteiger partial charge is 0.481 e. The standard InChI is InChI=1S/C12H10ClN5O2/c1-7(19-9-4-2-3-8(13)5-9)12-16-11(18-20-12)10-14-6-15-17-10/h2-7H,1H3,(H,14,15,17). The van der Waals surface area contributed by atoms with Crippen molar-refractivity contribution in [3.63, 3.8) is 0 Å². The van der Waals surface area contributed by atoms with Crippen LogP contribution in [-0.4, -0.2) is 25.3 Å². The summed E-state index contributed by atoms with van der Waals surface area (Å²) in [5.74, 6) is 1.75. The monoisotopic (exact) mass is 291 g/mol. The van der Waals surface area contributed by atoms with Crippen LogP contribution in [0.2, 0.25) is 5.02 Å². The van der Waals surface area contributed by atoms with E-state index < -0.39 is 6.10 Å². The van der Waals surface area contributed by atoms with Gasteiger partial charge in [0.25, 0.3) is 5.89 Å². The van der Waals surface area contributed by atoms with Crippen molar-refractivity contribution >= 4 is 11.6 Å². The van der Waals surface area contributed by atoms with Crippen LogP contribution in [0, 0.1) is 0 Å². The van der Waals surface area contributed by atoms with Gasteiger partial charge in [-0.25, -0.2) is 4.98 Å². The first kappa shape index (κ1) is 12.6. The van der Waals surface area contributed by atoms with E-state index in [4.69, 9.17) is 20.9 Å². The maximum atomic E-state index is 5.90. The fourth-order valence-corrected chi connectivity index (χ4v) is 1.78. The van der Waals surface area contributed by atoms with E-state index in [1.165, 1.54) is 6.33 Å². The lowest BCUT2D eigenvalue weighted by atomic mass is 10.3. The minimum Gasteiger partial charge on any atom is -0.481 e. The van der Waals surface area contributed by atoms with E-state index in [1.807, 2.05) is 0 Å². The number of nitrogens with zero attached hydrogens (tertiary/aromatic N) is 4. The number of benzene rings is 1. The number of hydrogen-bond donors (Lipinski definition) is 1. The number of halogens is 1. The normalized spacial score (nSPS) is 12.3. The van der Waals surface area contributed by atoms with E-state index >= 15 is 0 Å². The zero-order valence-corrected chi connectivity index (χ0v) is 11.2. The molecule has 0 spiro atoms. The highest BCUT2D eigenvalue weighted by molar-refractivity contribution is 6.30. The second-order valence-corrected chi connectivity index (χ2v) is 4.44. The molecule has 20 heavy (non-hydrogen) atoms. The quantitative estimate of drug-likeness (QED) is 0.795. The molecule has 102 valence electrons. The molecular weight excluding hydrogens is 282 g/mol. The maximum absolute atomic E-state index is 5.90. The fourth-order valence-electron chi connectivity index (χ4n) is 1.60. The van der Waals surface area contributed by atoms with Crippen molar-refractivity contribution in [2.75, 3.05) is 0 Å². The van der Waals surface area contributed by atoms with Gasteiger partial charge in [-0.1, -0.05) is 22.8 Å². The number of aromatic amines is 1. The molecule has 1 N–H and O–H groups in total. The number of aromatic nitrogens is 5. The molecule has 2 aromatic heterocycles. The minimum atomic E-state index is -0.405. The minimum absolute atomic E-state index is 0.332. The van der Waals surface area contributed by atoms with Gasteiger partial charge in [-0.15, -0.1) is 0 Å². The molecule has 0 aliphatic heterocycles. The van der Waals surface area contributed by atoms with Gasteiger partial charge in [0, 0.05) is 5.02 Å². The third-order valence-corrected chi connectivity index (χ3v) is 2.76. The Hall–Kier alpha value is -2.41. The summed E-state index contributed by atoms with van der Waals surface area (Å²) >= 11 is 5.90. The van der Waals surface area contributed by atoms with Crippen LogP contribution in [0.4, 0.5) is 0 Å². The molecule has 0 aliphatic carbocycles. The summed E-state index contributed by atoms with van der Waals surface area (Å²) in [6.07, 6.45) is 0.967. The van der Waals surface area contributed by atoms with E-state index in [1.54, 1.807) is 31.2 Å². The maximum Gasteiger partial charge on any atom is 0.267 e. The predicted molar refractivity (Wildman–Crippen MR) is 70.2 cm³/mol. The Bertz CT molecular complexity index is 697. The zero-order valence-electron chi connectivity index (χ0n) is 10.4. The van der Waals surface area contributed by atoms with Gasteiger partial charge < -0.3 is 9.26 Å². The molecule has 0 aliphatic rings. The van der Waals surface area contributed by atoms with E-state index in [2.05, 4.69) is 25.3 Å². The molecule has 1 aromatic carbocycles. The van der Waals surface area contributed by atoms with Crippen molar-refractivity contribution in [1.29, 1.82) is 0 Å². The molecule has 2 heterocycles. The predicted octanol–water partition coefficient (Wildman–Crippen LogP) is 2.65. The smallest absolute Gasteiger partial charge is 0.267 e. The van der Waals surface area contributed by atoms with E-state index in [0.29, 0.717) is 28.3 Å².